The zero-order chi connectivity index (χ0) is 24.2. The molecule has 1 heterocycles. The zero-order valence-electron chi connectivity index (χ0n) is 19.1. The lowest BCUT2D eigenvalue weighted by Crippen LogP contribution is -2.33. The minimum absolute atomic E-state index is 0.00371. The maximum Gasteiger partial charge on any atom is 0.176 e. The lowest BCUT2D eigenvalue weighted by Gasteiger charge is -2.22. The molecule has 0 aliphatic heterocycles. The molecule has 5 rings (SSSR count). The van der Waals surface area contributed by atoms with E-state index in [0.717, 1.165) is 11.3 Å². The molecule has 0 aliphatic rings. The van der Waals surface area contributed by atoms with E-state index in [0.29, 0.717) is 36.0 Å². The van der Waals surface area contributed by atoms with Crippen LogP contribution in [0.15, 0.2) is 91.0 Å². The minimum Gasteiger partial charge on any atom is -0.492 e. The molecule has 6 heteroatoms. The first kappa shape index (κ1) is 23.4. The molecule has 35 heavy (non-hydrogen) atoms. The molecule has 0 saturated carbocycles. The first-order valence-corrected chi connectivity index (χ1v) is 12.6. The number of thiophene rings is 1. The molecule has 0 radical (unpaired) electrons. The Balaban J connectivity index is 1.28. The molecular weight excluding hydrogens is 476 g/mol. The second-order valence-corrected chi connectivity index (χ2v) is 9.95. The summed E-state index contributed by atoms with van der Waals surface area (Å²) in [5, 5.41) is 2.97. The highest BCUT2D eigenvalue weighted by atomic mass is 35.5. The Morgan fingerprint density at radius 2 is 1.66 bits per heavy atom. The fourth-order valence-corrected chi connectivity index (χ4v) is 5.41. The number of nitrogens with zero attached hydrogens (tertiary/aromatic N) is 1. The van der Waals surface area contributed by atoms with E-state index in [2.05, 4.69) is 53.4 Å². The van der Waals surface area contributed by atoms with Crippen molar-refractivity contribution in [3.05, 3.63) is 107 Å². The molecule has 0 fully saturated rings. The van der Waals surface area contributed by atoms with Crippen molar-refractivity contribution >= 4 is 54.6 Å². The van der Waals surface area contributed by atoms with E-state index in [9.17, 15) is 4.79 Å². The number of rotatable bonds is 9. The third-order valence-corrected chi connectivity index (χ3v) is 7.44. The number of hydrogen-bond donors (Lipinski definition) is 1. The Labute approximate surface area is 213 Å². The molecule has 0 saturated heterocycles. The summed E-state index contributed by atoms with van der Waals surface area (Å²) in [7, 11) is 0. The SMILES string of the molecule is Nc1cc(C(=O)CN(CCOc2ccc3c(c2)sc2ccccc23)Cc2ccccc2)ccc1Cl. The standard InChI is InChI=1S/C29H25ClN2O2S/c30-25-13-10-21(16-26(25)31)27(33)19-32(18-20-6-2-1-3-7-20)14-15-34-22-11-12-24-23-8-4-5-9-28(23)35-29(24)17-22/h1-13,16-17H,14-15,18-19,31H2. The van der Waals surface area contributed by atoms with Crippen molar-refractivity contribution in [2.75, 3.05) is 25.4 Å². The number of nitrogen functional groups attached to an aromatic ring is 1. The van der Waals surface area contributed by atoms with E-state index in [1.807, 2.05) is 24.3 Å². The average Bonchev–Trinajstić information content (AvgIpc) is 3.24. The van der Waals surface area contributed by atoms with Gasteiger partial charge in [-0.25, -0.2) is 0 Å². The lowest BCUT2D eigenvalue weighted by molar-refractivity contribution is 0.0912. The van der Waals surface area contributed by atoms with Crippen LogP contribution in [0.4, 0.5) is 5.69 Å². The van der Waals surface area contributed by atoms with Crippen molar-refractivity contribution in [3.8, 4) is 5.75 Å². The van der Waals surface area contributed by atoms with Gasteiger partial charge in [0.05, 0.1) is 17.3 Å². The topological polar surface area (TPSA) is 55.6 Å². The number of carbonyl (C=O) groups excluding carboxylic acids is 1. The van der Waals surface area contributed by atoms with Gasteiger partial charge in [-0.2, -0.15) is 0 Å². The number of anilines is 1. The van der Waals surface area contributed by atoms with Crippen molar-refractivity contribution in [2.24, 2.45) is 0 Å². The summed E-state index contributed by atoms with van der Waals surface area (Å²) in [6, 6.07) is 29.8. The Morgan fingerprint density at radius 1 is 0.886 bits per heavy atom. The third kappa shape index (κ3) is 5.49. The van der Waals surface area contributed by atoms with E-state index in [1.54, 1.807) is 29.5 Å². The summed E-state index contributed by atoms with van der Waals surface area (Å²) in [4.78, 5) is 15.1. The van der Waals surface area contributed by atoms with Gasteiger partial charge in [0.2, 0.25) is 0 Å². The Kier molecular flexibility index (Phi) is 7.00. The van der Waals surface area contributed by atoms with Gasteiger partial charge in [-0.15, -0.1) is 11.3 Å². The van der Waals surface area contributed by atoms with Crippen LogP contribution in [0.3, 0.4) is 0 Å². The van der Waals surface area contributed by atoms with Crippen molar-refractivity contribution < 1.29 is 9.53 Å². The van der Waals surface area contributed by atoms with Gasteiger partial charge in [0.15, 0.2) is 5.78 Å². The van der Waals surface area contributed by atoms with Crippen LogP contribution in [0.25, 0.3) is 20.2 Å². The normalized spacial score (nSPS) is 11.4. The van der Waals surface area contributed by atoms with E-state index >= 15 is 0 Å². The predicted octanol–water partition coefficient (Wildman–Crippen LogP) is 7.05. The van der Waals surface area contributed by atoms with Gasteiger partial charge in [-0.3, -0.25) is 9.69 Å². The number of fused-ring (bicyclic) bond motifs is 3. The monoisotopic (exact) mass is 500 g/mol. The second-order valence-electron chi connectivity index (χ2n) is 8.46. The predicted molar refractivity (Wildman–Crippen MR) is 147 cm³/mol. The summed E-state index contributed by atoms with van der Waals surface area (Å²) < 4.78 is 8.60. The van der Waals surface area contributed by atoms with Gasteiger partial charge in [0.1, 0.15) is 12.4 Å². The van der Waals surface area contributed by atoms with Gasteiger partial charge in [0.25, 0.3) is 0 Å². The van der Waals surface area contributed by atoms with Gasteiger partial charge < -0.3 is 10.5 Å². The number of hydrogen-bond acceptors (Lipinski definition) is 5. The number of benzene rings is 4. The van der Waals surface area contributed by atoms with Crippen LogP contribution in [0.2, 0.25) is 5.02 Å². The third-order valence-electron chi connectivity index (χ3n) is 5.96. The van der Waals surface area contributed by atoms with Crippen molar-refractivity contribution in [2.45, 2.75) is 6.54 Å². The van der Waals surface area contributed by atoms with Gasteiger partial charge >= 0.3 is 0 Å². The molecule has 4 nitrogen and oxygen atoms in total. The quantitative estimate of drug-likeness (QED) is 0.174. The molecule has 0 aliphatic carbocycles. The maximum atomic E-state index is 13.0. The molecule has 0 amide bonds. The average molecular weight is 501 g/mol. The Hall–Kier alpha value is -3.38. The number of ether oxygens (including phenoxy) is 1. The zero-order valence-corrected chi connectivity index (χ0v) is 20.7. The van der Waals surface area contributed by atoms with Crippen LogP contribution in [-0.4, -0.2) is 30.4 Å². The van der Waals surface area contributed by atoms with Crippen LogP contribution in [0.5, 0.6) is 5.75 Å². The van der Waals surface area contributed by atoms with E-state index in [-0.39, 0.29) is 12.3 Å². The molecule has 1 aromatic heterocycles. The first-order chi connectivity index (χ1) is 17.1. The Bertz CT molecular complexity index is 1480. The summed E-state index contributed by atoms with van der Waals surface area (Å²) in [5.74, 6) is 0.830. The first-order valence-electron chi connectivity index (χ1n) is 11.5. The summed E-state index contributed by atoms with van der Waals surface area (Å²) in [6.45, 7) is 1.98. The Morgan fingerprint density at radius 3 is 2.49 bits per heavy atom. The second kappa shape index (κ2) is 10.5. The van der Waals surface area contributed by atoms with Crippen molar-refractivity contribution in [3.63, 3.8) is 0 Å². The van der Waals surface area contributed by atoms with E-state index in [4.69, 9.17) is 22.1 Å². The van der Waals surface area contributed by atoms with Gasteiger partial charge in [-0.1, -0.05) is 60.1 Å². The summed E-state index contributed by atoms with van der Waals surface area (Å²) in [5.41, 5.74) is 8.01. The molecule has 0 unspecified atom stereocenters. The molecule has 176 valence electrons. The lowest BCUT2D eigenvalue weighted by atomic mass is 10.1. The molecule has 2 N–H and O–H groups in total. The van der Waals surface area contributed by atoms with Crippen molar-refractivity contribution in [1.82, 2.24) is 4.90 Å². The van der Waals surface area contributed by atoms with Crippen LogP contribution in [-0.2, 0) is 6.54 Å². The van der Waals surface area contributed by atoms with Crippen molar-refractivity contribution in [1.29, 1.82) is 0 Å². The highest BCUT2D eigenvalue weighted by Crippen LogP contribution is 2.35. The number of nitrogens with two attached hydrogens (primary N) is 1. The molecule has 4 aromatic carbocycles. The molecule has 0 spiro atoms. The van der Waals surface area contributed by atoms with Crippen LogP contribution >= 0.6 is 22.9 Å². The molecule has 0 atom stereocenters. The fraction of sp³-hybridized carbons (Fsp3) is 0.138. The fourth-order valence-electron chi connectivity index (χ4n) is 4.16. The maximum absolute atomic E-state index is 13.0. The molecule has 5 aromatic rings. The number of ketones is 1. The number of carbonyl (C=O) groups is 1. The smallest absolute Gasteiger partial charge is 0.176 e. The number of halogens is 1. The van der Waals surface area contributed by atoms with Crippen LogP contribution in [0.1, 0.15) is 15.9 Å². The summed E-state index contributed by atoms with van der Waals surface area (Å²) >= 11 is 7.79. The minimum atomic E-state index is -0.00371. The van der Waals surface area contributed by atoms with E-state index < -0.39 is 0 Å². The highest BCUT2D eigenvalue weighted by molar-refractivity contribution is 7.25. The van der Waals surface area contributed by atoms with E-state index in [1.165, 1.54) is 20.2 Å². The van der Waals surface area contributed by atoms with Gasteiger partial charge in [0, 0.05) is 38.8 Å². The molecular formula is C29H25ClN2O2S. The summed E-state index contributed by atoms with van der Waals surface area (Å²) in [6.07, 6.45) is 0. The highest BCUT2D eigenvalue weighted by Gasteiger charge is 2.15. The molecule has 0 bridgehead atoms. The van der Waals surface area contributed by atoms with Crippen LogP contribution in [0, 0.1) is 0 Å². The number of Topliss-reactive ketones (excluding diaryl/α,β-unsaturated/α-hetero) is 1. The van der Waals surface area contributed by atoms with Gasteiger partial charge in [-0.05, 0) is 48.0 Å². The largest absolute Gasteiger partial charge is 0.492 e. The van der Waals surface area contributed by atoms with Crippen LogP contribution < -0.4 is 10.5 Å².